The van der Waals surface area contributed by atoms with Crippen LogP contribution in [0.25, 0.3) is 5.76 Å². The summed E-state index contributed by atoms with van der Waals surface area (Å²) in [5.74, 6) is -0.902. The number of aryl methyl sites for hydroxylation is 1. The highest BCUT2D eigenvalue weighted by atomic mass is 35.5. The molecule has 1 unspecified atom stereocenters. The van der Waals surface area contributed by atoms with Crippen LogP contribution in [-0.4, -0.2) is 33.3 Å². The van der Waals surface area contributed by atoms with E-state index in [1.165, 1.54) is 4.90 Å². The molecule has 6 nitrogen and oxygen atoms in total. The molecule has 0 radical (unpaired) electrons. The molecule has 1 aromatic heterocycles. The lowest BCUT2D eigenvalue weighted by Crippen LogP contribution is -2.29. The molecule has 1 fully saturated rings. The molecule has 1 aliphatic heterocycles. The third-order valence-electron chi connectivity index (χ3n) is 6.01. The molecule has 0 aliphatic carbocycles. The summed E-state index contributed by atoms with van der Waals surface area (Å²) < 4.78 is 5.82. The zero-order valence-corrected chi connectivity index (χ0v) is 20.5. The lowest BCUT2D eigenvalue weighted by Gasteiger charge is -2.25. The number of hydrogen-bond acceptors (Lipinski definition) is 5. The van der Waals surface area contributed by atoms with Gasteiger partial charge in [0.1, 0.15) is 11.5 Å². The number of unbranched alkanes of at least 4 members (excludes halogenated alkanes) is 1. The van der Waals surface area contributed by atoms with E-state index in [1.54, 1.807) is 60.9 Å². The second kappa shape index (κ2) is 10.7. The Morgan fingerprint density at radius 2 is 1.91 bits per heavy atom. The number of nitrogens with zero attached hydrogens (tertiary/aromatic N) is 2. The van der Waals surface area contributed by atoms with Gasteiger partial charge in [0, 0.05) is 29.5 Å². The van der Waals surface area contributed by atoms with Crippen LogP contribution in [0.1, 0.15) is 48.1 Å². The lowest BCUT2D eigenvalue weighted by atomic mass is 9.94. The first-order valence-electron chi connectivity index (χ1n) is 11.6. The second-order valence-electron chi connectivity index (χ2n) is 8.52. The van der Waals surface area contributed by atoms with E-state index in [9.17, 15) is 14.7 Å². The van der Waals surface area contributed by atoms with Crippen LogP contribution in [0.15, 0.2) is 72.6 Å². The van der Waals surface area contributed by atoms with Gasteiger partial charge in [0.25, 0.3) is 11.7 Å². The third-order valence-corrected chi connectivity index (χ3v) is 6.26. The average molecular weight is 491 g/mol. The van der Waals surface area contributed by atoms with Gasteiger partial charge in [0.2, 0.25) is 0 Å². The molecule has 1 amide bonds. The smallest absolute Gasteiger partial charge is 0.295 e. The molecule has 35 heavy (non-hydrogen) atoms. The molecule has 1 N–H and O–H groups in total. The number of halogens is 1. The molecule has 0 bridgehead atoms. The van der Waals surface area contributed by atoms with E-state index in [0.717, 1.165) is 29.7 Å². The molecule has 2 heterocycles. The number of ketones is 1. The van der Waals surface area contributed by atoms with Gasteiger partial charge in [0.05, 0.1) is 18.2 Å². The fourth-order valence-electron chi connectivity index (χ4n) is 4.16. The van der Waals surface area contributed by atoms with Crippen LogP contribution in [0.2, 0.25) is 5.02 Å². The summed E-state index contributed by atoms with van der Waals surface area (Å²) in [7, 11) is 0. The standard InChI is InChI=1S/C28H27ClN2O4/c1-3-4-14-35-23-12-9-21(15-18(23)2)26(32)24-25(20-7-10-22(29)11-8-20)31(28(34)27(24)33)17-19-6-5-13-30-16-19/h5-13,15-16,25,32H,3-4,14,17H2,1-2H3/b26-24+. The molecule has 4 rings (SSSR count). The minimum atomic E-state index is -0.770. The highest BCUT2D eigenvalue weighted by molar-refractivity contribution is 6.46. The Bertz CT molecular complexity index is 1260. The molecular formula is C28H27ClN2O4. The van der Waals surface area contributed by atoms with Gasteiger partial charge < -0.3 is 14.7 Å². The summed E-state index contributed by atoms with van der Waals surface area (Å²) >= 11 is 6.09. The monoisotopic (exact) mass is 490 g/mol. The number of likely N-dealkylation sites (tertiary alicyclic amines) is 1. The Balaban J connectivity index is 1.77. The molecule has 0 spiro atoms. The van der Waals surface area contributed by atoms with Crippen molar-refractivity contribution in [1.82, 2.24) is 9.88 Å². The van der Waals surface area contributed by atoms with Gasteiger partial charge in [-0.3, -0.25) is 14.6 Å². The van der Waals surface area contributed by atoms with Gasteiger partial charge in [-0.25, -0.2) is 0 Å². The number of aliphatic hydroxyl groups excluding tert-OH is 1. The largest absolute Gasteiger partial charge is 0.507 e. The Morgan fingerprint density at radius 1 is 1.14 bits per heavy atom. The highest BCUT2D eigenvalue weighted by Gasteiger charge is 2.46. The molecule has 1 atom stereocenters. The van der Waals surface area contributed by atoms with Crippen molar-refractivity contribution in [3.05, 3.63) is 99.8 Å². The number of Topliss-reactive ketones (excluding diaryl/α,β-unsaturated/α-hetero) is 1. The summed E-state index contributed by atoms with van der Waals surface area (Å²) in [6.45, 7) is 4.76. The maximum absolute atomic E-state index is 13.2. The van der Waals surface area contributed by atoms with E-state index in [4.69, 9.17) is 16.3 Å². The first kappa shape index (κ1) is 24.5. The molecule has 7 heteroatoms. The number of carbonyl (C=O) groups excluding carboxylic acids is 2. The summed E-state index contributed by atoms with van der Waals surface area (Å²) in [5.41, 5.74) is 2.77. The Morgan fingerprint density at radius 3 is 2.57 bits per heavy atom. The number of pyridine rings is 1. The number of benzene rings is 2. The summed E-state index contributed by atoms with van der Waals surface area (Å²) in [6, 6.07) is 15.0. The van der Waals surface area contributed by atoms with Gasteiger partial charge in [0.15, 0.2) is 0 Å². The van der Waals surface area contributed by atoms with E-state index < -0.39 is 17.7 Å². The maximum Gasteiger partial charge on any atom is 0.295 e. The zero-order chi connectivity index (χ0) is 24.9. The number of ether oxygens (including phenoxy) is 1. The van der Waals surface area contributed by atoms with Crippen LogP contribution in [0.3, 0.4) is 0 Å². The molecular weight excluding hydrogens is 464 g/mol. The van der Waals surface area contributed by atoms with E-state index in [2.05, 4.69) is 11.9 Å². The van der Waals surface area contributed by atoms with Crippen molar-refractivity contribution in [3.63, 3.8) is 0 Å². The van der Waals surface area contributed by atoms with Gasteiger partial charge in [-0.05, 0) is 66.4 Å². The highest BCUT2D eigenvalue weighted by Crippen LogP contribution is 2.41. The van der Waals surface area contributed by atoms with E-state index in [-0.39, 0.29) is 17.9 Å². The van der Waals surface area contributed by atoms with Crippen molar-refractivity contribution in [2.75, 3.05) is 6.61 Å². The number of carbonyl (C=O) groups is 2. The van der Waals surface area contributed by atoms with E-state index in [0.29, 0.717) is 22.8 Å². The van der Waals surface area contributed by atoms with Crippen LogP contribution in [-0.2, 0) is 16.1 Å². The van der Waals surface area contributed by atoms with Gasteiger partial charge in [-0.2, -0.15) is 0 Å². The number of rotatable bonds is 8. The Kier molecular flexibility index (Phi) is 7.51. The maximum atomic E-state index is 13.2. The average Bonchev–Trinajstić information content (AvgIpc) is 3.10. The molecule has 1 saturated heterocycles. The van der Waals surface area contributed by atoms with E-state index in [1.807, 2.05) is 13.0 Å². The minimum absolute atomic E-state index is 0.0419. The van der Waals surface area contributed by atoms with Crippen molar-refractivity contribution < 1.29 is 19.4 Å². The minimum Gasteiger partial charge on any atom is -0.507 e. The third kappa shape index (κ3) is 5.23. The first-order chi connectivity index (χ1) is 16.9. The first-order valence-corrected chi connectivity index (χ1v) is 11.9. The van der Waals surface area contributed by atoms with Crippen molar-refractivity contribution in [2.45, 2.75) is 39.3 Å². The second-order valence-corrected chi connectivity index (χ2v) is 8.96. The van der Waals surface area contributed by atoms with Crippen LogP contribution in [0, 0.1) is 6.92 Å². The SMILES string of the molecule is CCCCOc1ccc(/C(O)=C2\C(=O)C(=O)N(Cc3cccnc3)C2c2ccc(Cl)cc2)cc1C. The topological polar surface area (TPSA) is 79.7 Å². The van der Waals surface area contributed by atoms with Crippen LogP contribution >= 0.6 is 11.6 Å². The van der Waals surface area contributed by atoms with Crippen molar-refractivity contribution in [1.29, 1.82) is 0 Å². The Hall–Kier alpha value is -3.64. The fourth-order valence-corrected chi connectivity index (χ4v) is 4.29. The molecule has 3 aromatic rings. The predicted octanol–water partition coefficient (Wildman–Crippen LogP) is 5.84. The number of amides is 1. The van der Waals surface area contributed by atoms with E-state index >= 15 is 0 Å². The van der Waals surface area contributed by atoms with Crippen molar-refractivity contribution in [2.24, 2.45) is 0 Å². The molecule has 0 saturated carbocycles. The number of aromatic nitrogens is 1. The molecule has 1 aliphatic rings. The molecule has 180 valence electrons. The van der Waals surface area contributed by atoms with Crippen LogP contribution < -0.4 is 4.74 Å². The van der Waals surface area contributed by atoms with Gasteiger partial charge >= 0.3 is 0 Å². The summed E-state index contributed by atoms with van der Waals surface area (Å²) in [6.07, 6.45) is 5.27. The number of hydrogen-bond donors (Lipinski definition) is 1. The van der Waals surface area contributed by atoms with Gasteiger partial charge in [-0.1, -0.05) is 43.1 Å². The quantitative estimate of drug-likeness (QED) is 0.185. The van der Waals surface area contributed by atoms with Crippen LogP contribution in [0.4, 0.5) is 0 Å². The lowest BCUT2D eigenvalue weighted by molar-refractivity contribution is -0.140. The van der Waals surface area contributed by atoms with Crippen LogP contribution in [0.5, 0.6) is 5.75 Å². The Labute approximate surface area is 209 Å². The summed E-state index contributed by atoms with van der Waals surface area (Å²) in [5, 5.41) is 11.8. The summed E-state index contributed by atoms with van der Waals surface area (Å²) in [4.78, 5) is 31.9. The fraction of sp³-hybridized carbons (Fsp3) is 0.250. The number of aliphatic hydroxyl groups is 1. The van der Waals surface area contributed by atoms with Gasteiger partial charge in [-0.15, -0.1) is 0 Å². The van der Waals surface area contributed by atoms with Crippen molar-refractivity contribution in [3.8, 4) is 5.75 Å². The zero-order valence-electron chi connectivity index (χ0n) is 19.7. The molecule has 2 aromatic carbocycles. The predicted molar refractivity (Wildman–Crippen MR) is 135 cm³/mol. The normalized spacial score (nSPS) is 17.1. The van der Waals surface area contributed by atoms with Crippen molar-refractivity contribution >= 4 is 29.1 Å².